The lowest BCUT2D eigenvalue weighted by molar-refractivity contribution is -0.126. The number of aromatic amines is 1. The lowest BCUT2D eigenvalue weighted by Crippen LogP contribution is -2.44. The number of carbonyl (C=O) groups excluding carboxylic acids is 2. The summed E-state index contributed by atoms with van der Waals surface area (Å²) in [5, 5.41) is 11.9. The minimum Gasteiger partial charge on any atom is -0.441 e. The zero-order chi connectivity index (χ0) is 21.5. The van der Waals surface area contributed by atoms with Gasteiger partial charge in [0.25, 0.3) is 0 Å². The first-order chi connectivity index (χ1) is 14.4. The molecule has 0 fully saturated rings. The van der Waals surface area contributed by atoms with E-state index in [1.807, 2.05) is 13.8 Å². The number of halogens is 1. The van der Waals surface area contributed by atoms with Gasteiger partial charge in [-0.05, 0) is 36.6 Å². The van der Waals surface area contributed by atoms with Crippen LogP contribution in [0.1, 0.15) is 32.6 Å². The molecule has 0 aliphatic carbocycles. The van der Waals surface area contributed by atoms with Gasteiger partial charge in [-0.3, -0.25) is 14.7 Å². The van der Waals surface area contributed by atoms with Crippen molar-refractivity contribution in [1.82, 2.24) is 20.5 Å². The molecule has 0 bridgehead atoms. The van der Waals surface area contributed by atoms with Gasteiger partial charge in [-0.15, -0.1) is 0 Å². The van der Waals surface area contributed by atoms with Gasteiger partial charge in [0.05, 0.1) is 12.4 Å². The molecule has 158 valence electrons. The topological polar surface area (TPSA) is 113 Å². The molecule has 2 amide bonds. The Labute approximate surface area is 173 Å². The number of rotatable bonds is 9. The Morgan fingerprint density at radius 2 is 1.97 bits per heavy atom. The van der Waals surface area contributed by atoms with Crippen LogP contribution in [0, 0.1) is 11.7 Å². The third-order valence-corrected chi connectivity index (χ3v) is 4.37. The molecule has 0 spiro atoms. The lowest BCUT2D eigenvalue weighted by atomic mass is 10.0. The molecule has 0 aliphatic rings. The Balaban J connectivity index is 1.55. The van der Waals surface area contributed by atoms with Gasteiger partial charge < -0.3 is 15.1 Å². The quantitative estimate of drug-likeness (QED) is 0.498. The fraction of sp³-hybridized carbons (Fsp3) is 0.333. The van der Waals surface area contributed by atoms with Crippen LogP contribution in [0.3, 0.4) is 0 Å². The summed E-state index contributed by atoms with van der Waals surface area (Å²) < 4.78 is 18.7. The van der Waals surface area contributed by atoms with Crippen LogP contribution in [0.5, 0.6) is 0 Å². The SMILES string of the molecule is CC(C)CC(NC(=O)CCc1ncc(-c2ccc(F)cc2)o1)C(=O)Nc1ccn[nH]1. The van der Waals surface area contributed by atoms with Gasteiger partial charge >= 0.3 is 0 Å². The predicted molar refractivity (Wildman–Crippen MR) is 109 cm³/mol. The molecule has 1 atom stereocenters. The number of aryl methyl sites for hydroxylation is 1. The molecule has 0 aliphatic heterocycles. The van der Waals surface area contributed by atoms with Gasteiger partial charge in [-0.1, -0.05) is 13.8 Å². The van der Waals surface area contributed by atoms with Crippen molar-refractivity contribution in [2.75, 3.05) is 5.32 Å². The number of aromatic nitrogens is 3. The first-order valence-corrected chi connectivity index (χ1v) is 9.71. The fourth-order valence-electron chi connectivity index (χ4n) is 2.91. The molecule has 2 aromatic heterocycles. The maximum absolute atomic E-state index is 13.0. The standard InChI is InChI=1S/C21H24FN5O3/c1-13(2)11-16(21(29)26-18-9-10-24-27-18)25-19(28)7-8-20-23-12-17(30-20)14-3-5-15(22)6-4-14/h3-6,9-10,12-13,16H,7-8,11H2,1-2H3,(H,25,28)(H2,24,26,27,29). The van der Waals surface area contributed by atoms with E-state index in [0.29, 0.717) is 29.5 Å². The number of carbonyl (C=O) groups is 2. The molecule has 0 saturated carbocycles. The van der Waals surface area contributed by atoms with Gasteiger partial charge in [-0.2, -0.15) is 5.10 Å². The molecule has 8 nitrogen and oxygen atoms in total. The summed E-state index contributed by atoms with van der Waals surface area (Å²) in [6.07, 6.45) is 3.97. The first kappa shape index (κ1) is 21.2. The molecule has 30 heavy (non-hydrogen) atoms. The van der Waals surface area contributed by atoms with Crippen molar-refractivity contribution in [3.63, 3.8) is 0 Å². The van der Waals surface area contributed by atoms with Crippen molar-refractivity contribution >= 4 is 17.6 Å². The van der Waals surface area contributed by atoms with Gasteiger partial charge in [0.1, 0.15) is 17.7 Å². The van der Waals surface area contributed by atoms with Crippen molar-refractivity contribution in [2.45, 2.75) is 39.2 Å². The molecule has 1 unspecified atom stereocenters. The van der Waals surface area contributed by atoms with E-state index in [0.717, 1.165) is 0 Å². The van der Waals surface area contributed by atoms with Crippen LogP contribution in [0.4, 0.5) is 10.2 Å². The van der Waals surface area contributed by atoms with Gasteiger partial charge in [0.15, 0.2) is 11.7 Å². The Bertz CT molecular complexity index is 967. The Hall–Kier alpha value is -3.49. The highest BCUT2D eigenvalue weighted by Crippen LogP contribution is 2.21. The molecule has 3 rings (SSSR count). The van der Waals surface area contributed by atoms with Crippen LogP contribution in [0.25, 0.3) is 11.3 Å². The number of anilines is 1. The van der Waals surface area contributed by atoms with Crippen LogP contribution >= 0.6 is 0 Å². The van der Waals surface area contributed by atoms with E-state index in [4.69, 9.17) is 4.42 Å². The predicted octanol–water partition coefficient (Wildman–Crippen LogP) is 3.31. The van der Waals surface area contributed by atoms with E-state index in [-0.39, 0.29) is 36.4 Å². The molecular formula is C21H24FN5O3. The van der Waals surface area contributed by atoms with Crippen LogP contribution < -0.4 is 10.6 Å². The third-order valence-electron chi connectivity index (χ3n) is 4.37. The average molecular weight is 413 g/mol. The van der Waals surface area contributed by atoms with E-state index in [1.54, 1.807) is 24.4 Å². The number of nitrogens with zero attached hydrogens (tertiary/aromatic N) is 2. The van der Waals surface area contributed by atoms with Crippen LogP contribution in [0.2, 0.25) is 0 Å². The zero-order valence-electron chi connectivity index (χ0n) is 16.8. The molecule has 2 heterocycles. The van der Waals surface area contributed by atoms with Crippen molar-refractivity contribution in [3.05, 3.63) is 54.4 Å². The highest BCUT2D eigenvalue weighted by molar-refractivity contribution is 5.96. The van der Waals surface area contributed by atoms with Crippen LogP contribution in [-0.4, -0.2) is 33.0 Å². The van der Waals surface area contributed by atoms with Gasteiger partial charge in [0.2, 0.25) is 11.8 Å². The highest BCUT2D eigenvalue weighted by atomic mass is 19.1. The second-order valence-electron chi connectivity index (χ2n) is 7.33. The summed E-state index contributed by atoms with van der Waals surface area (Å²) in [6, 6.07) is 6.85. The number of hydrogen-bond acceptors (Lipinski definition) is 5. The maximum Gasteiger partial charge on any atom is 0.248 e. The van der Waals surface area contributed by atoms with Crippen molar-refractivity contribution in [1.29, 1.82) is 0 Å². The molecule has 0 saturated heterocycles. The molecule has 9 heteroatoms. The second-order valence-corrected chi connectivity index (χ2v) is 7.33. The summed E-state index contributed by atoms with van der Waals surface area (Å²) in [7, 11) is 0. The normalized spacial score (nSPS) is 12.0. The summed E-state index contributed by atoms with van der Waals surface area (Å²) in [5.74, 6) is 0.665. The zero-order valence-corrected chi connectivity index (χ0v) is 16.8. The Kier molecular flexibility index (Phi) is 6.95. The summed E-state index contributed by atoms with van der Waals surface area (Å²) in [5.41, 5.74) is 0.701. The first-order valence-electron chi connectivity index (χ1n) is 9.71. The third kappa shape index (κ3) is 6.00. The van der Waals surface area contributed by atoms with Crippen LogP contribution in [-0.2, 0) is 16.0 Å². The highest BCUT2D eigenvalue weighted by Gasteiger charge is 2.22. The van der Waals surface area contributed by atoms with Crippen molar-refractivity contribution in [3.8, 4) is 11.3 Å². The minimum absolute atomic E-state index is 0.120. The van der Waals surface area contributed by atoms with Crippen molar-refractivity contribution < 1.29 is 18.4 Å². The second kappa shape index (κ2) is 9.82. The fourth-order valence-corrected chi connectivity index (χ4v) is 2.91. The van der Waals surface area contributed by atoms with E-state index in [9.17, 15) is 14.0 Å². The van der Waals surface area contributed by atoms with Gasteiger partial charge in [-0.25, -0.2) is 9.37 Å². The molecule has 1 aromatic carbocycles. The Morgan fingerprint density at radius 1 is 1.20 bits per heavy atom. The lowest BCUT2D eigenvalue weighted by Gasteiger charge is -2.19. The number of amides is 2. The molecule has 3 aromatic rings. The maximum atomic E-state index is 13.0. The monoisotopic (exact) mass is 413 g/mol. The van der Waals surface area contributed by atoms with Crippen molar-refractivity contribution in [2.24, 2.45) is 5.92 Å². The number of benzene rings is 1. The summed E-state index contributed by atoms with van der Waals surface area (Å²) in [4.78, 5) is 29.1. The number of H-pyrrole nitrogens is 1. The van der Waals surface area contributed by atoms with Crippen LogP contribution in [0.15, 0.2) is 47.1 Å². The number of hydrogen-bond donors (Lipinski definition) is 3. The average Bonchev–Trinajstić information content (AvgIpc) is 3.38. The smallest absolute Gasteiger partial charge is 0.248 e. The van der Waals surface area contributed by atoms with E-state index in [2.05, 4.69) is 25.8 Å². The largest absolute Gasteiger partial charge is 0.441 e. The molecule has 3 N–H and O–H groups in total. The molecule has 0 radical (unpaired) electrons. The summed E-state index contributed by atoms with van der Waals surface area (Å²) >= 11 is 0. The number of oxazole rings is 1. The number of nitrogens with one attached hydrogen (secondary N) is 3. The van der Waals surface area contributed by atoms with E-state index < -0.39 is 6.04 Å². The van der Waals surface area contributed by atoms with Gasteiger partial charge in [0, 0.05) is 24.5 Å². The summed E-state index contributed by atoms with van der Waals surface area (Å²) in [6.45, 7) is 3.96. The minimum atomic E-state index is -0.667. The molecular weight excluding hydrogens is 389 g/mol. The van der Waals surface area contributed by atoms with E-state index in [1.165, 1.54) is 18.3 Å². The Morgan fingerprint density at radius 3 is 2.63 bits per heavy atom. The van der Waals surface area contributed by atoms with E-state index >= 15 is 0 Å².